The predicted molar refractivity (Wildman–Crippen MR) is 119 cm³/mol. The third kappa shape index (κ3) is 4.30. The molecule has 1 aliphatic rings. The summed E-state index contributed by atoms with van der Waals surface area (Å²) < 4.78 is 0. The van der Waals surface area contributed by atoms with Crippen LogP contribution in [0.15, 0.2) is 48.5 Å². The van der Waals surface area contributed by atoms with Gasteiger partial charge in [0.2, 0.25) is 0 Å². The zero-order chi connectivity index (χ0) is 22.8. The van der Waals surface area contributed by atoms with Gasteiger partial charge < -0.3 is 20.4 Å². The highest BCUT2D eigenvalue weighted by Crippen LogP contribution is 2.31. The number of fused-ring (bicyclic) bond motifs is 3. The first kappa shape index (κ1) is 21.4. The fraction of sp³-hybridized carbons (Fsp3) is 0.231. The van der Waals surface area contributed by atoms with Crippen LogP contribution in [0.2, 0.25) is 0 Å². The molecule has 3 aromatic rings. The first-order valence-corrected chi connectivity index (χ1v) is 10.6. The van der Waals surface area contributed by atoms with Crippen molar-refractivity contribution in [3.05, 3.63) is 93.0 Å². The molecule has 4 rings (SSSR count). The maximum Gasteiger partial charge on any atom is 0.336 e. The van der Waals surface area contributed by atoms with Crippen molar-refractivity contribution in [3.8, 4) is 11.5 Å². The lowest BCUT2D eigenvalue weighted by atomic mass is 9.87. The topological polar surface area (TPSA) is 115 Å². The van der Waals surface area contributed by atoms with Crippen LogP contribution in [0.5, 0.6) is 11.5 Å². The highest BCUT2D eigenvalue weighted by atomic mass is 16.4. The summed E-state index contributed by atoms with van der Waals surface area (Å²) in [6.45, 7) is 0. The maximum absolute atomic E-state index is 11.7. The number of phenols is 2. The second-order valence-corrected chi connectivity index (χ2v) is 8.16. The molecule has 0 spiro atoms. The summed E-state index contributed by atoms with van der Waals surface area (Å²) in [6, 6.07) is 14.2. The summed E-state index contributed by atoms with van der Waals surface area (Å²) in [4.78, 5) is 23.4. The van der Waals surface area contributed by atoms with Crippen LogP contribution >= 0.6 is 0 Å². The SMILES string of the molecule is O=C(O)c1cc2c(cc1C(=O)O)CCc1cc(O)c(O)cc1CCc1ccccc1CC2. The predicted octanol–water partition coefficient (Wildman–Crippen LogP) is 4.16. The molecule has 164 valence electrons. The number of carboxylic acid groups (broad SMARTS) is 2. The summed E-state index contributed by atoms with van der Waals surface area (Å²) in [5.74, 6) is -2.89. The molecule has 6 heteroatoms. The van der Waals surface area contributed by atoms with Gasteiger partial charge in [-0.25, -0.2) is 9.59 Å². The second-order valence-electron chi connectivity index (χ2n) is 8.16. The van der Waals surface area contributed by atoms with E-state index in [1.807, 2.05) is 12.1 Å². The molecule has 0 amide bonds. The number of carboxylic acids is 2. The van der Waals surface area contributed by atoms with E-state index in [0.29, 0.717) is 32.1 Å². The van der Waals surface area contributed by atoms with Crippen LogP contribution in [0, 0.1) is 0 Å². The smallest absolute Gasteiger partial charge is 0.336 e. The maximum atomic E-state index is 11.7. The Bertz CT molecular complexity index is 1210. The molecule has 0 bridgehead atoms. The van der Waals surface area contributed by atoms with Gasteiger partial charge in [0.1, 0.15) is 0 Å². The van der Waals surface area contributed by atoms with Gasteiger partial charge in [-0.1, -0.05) is 24.3 Å². The van der Waals surface area contributed by atoms with Gasteiger partial charge in [0.15, 0.2) is 11.5 Å². The van der Waals surface area contributed by atoms with Crippen molar-refractivity contribution < 1.29 is 30.0 Å². The Hall–Kier alpha value is -3.80. The summed E-state index contributed by atoms with van der Waals surface area (Å²) >= 11 is 0. The summed E-state index contributed by atoms with van der Waals surface area (Å²) in [6.07, 6.45) is 3.81. The number of hydrogen-bond donors (Lipinski definition) is 4. The minimum atomic E-state index is -1.27. The van der Waals surface area contributed by atoms with Crippen LogP contribution in [0.3, 0.4) is 0 Å². The number of benzene rings is 3. The molecule has 1 aliphatic carbocycles. The van der Waals surface area contributed by atoms with Gasteiger partial charge in [-0.15, -0.1) is 0 Å². The minimum Gasteiger partial charge on any atom is -0.504 e. The Labute approximate surface area is 185 Å². The third-order valence-corrected chi connectivity index (χ3v) is 6.21. The molecule has 0 heterocycles. The number of aromatic hydroxyl groups is 2. The van der Waals surface area contributed by atoms with E-state index in [0.717, 1.165) is 34.2 Å². The van der Waals surface area contributed by atoms with Crippen molar-refractivity contribution in [2.24, 2.45) is 0 Å². The molecular formula is C26H24O6. The van der Waals surface area contributed by atoms with E-state index in [4.69, 9.17) is 0 Å². The van der Waals surface area contributed by atoms with Crippen molar-refractivity contribution in [1.82, 2.24) is 0 Å². The van der Waals surface area contributed by atoms with E-state index < -0.39 is 11.9 Å². The highest BCUT2D eigenvalue weighted by molar-refractivity contribution is 6.02. The fourth-order valence-corrected chi connectivity index (χ4v) is 4.49. The van der Waals surface area contributed by atoms with Crippen LogP contribution in [-0.4, -0.2) is 32.4 Å². The molecule has 0 atom stereocenters. The third-order valence-electron chi connectivity index (χ3n) is 6.21. The number of aryl methyl sites for hydroxylation is 6. The Morgan fingerprint density at radius 2 is 0.844 bits per heavy atom. The van der Waals surface area contributed by atoms with E-state index in [-0.39, 0.29) is 22.6 Å². The molecule has 0 unspecified atom stereocenters. The molecule has 32 heavy (non-hydrogen) atoms. The van der Waals surface area contributed by atoms with E-state index in [2.05, 4.69) is 12.1 Å². The number of hydrogen-bond acceptors (Lipinski definition) is 4. The minimum absolute atomic E-state index is 0.163. The van der Waals surface area contributed by atoms with Gasteiger partial charge >= 0.3 is 11.9 Å². The molecule has 0 fully saturated rings. The normalized spacial score (nSPS) is 13.6. The first-order valence-electron chi connectivity index (χ1n) is 10.6. The van der Waals surface area contributed by atoms with Crippen molar-refractivity contribution in [3.63, 3.8) is 0 Å². The number of aromatic carboxylic acids is 2. The van der Waals surface area contributed by atoms with Gasteiger partial charge in [-0.05, 0) is 96.2 Å². The molecule has 0 aromatic heterocycles. The highest BCUT2D eigenvalue weighted by Gasteiger charge is 2.21. The van der Waals surface area contributed by atoms with Crippen molar-refractivity contribution >= 4 is 11.9 Å². The van der Waals surface area contributed by atoms with E-state index >= 15 is 0 Å². The zero-order valence-corrected chi connectivity index (χ0v) is 17.5. The molecule has 4 N–H and O–H groups in total. The molecule has 6 nitrogen and oxygen atoms in total. The van der Waals surface area contributed by atoms with Gasteiger partial charge in [0.05, 0.1) is 11.1 Å². The van der Waals surface area contributed by atoms with E-state index in [1.54, 1.807) is 12.1 Å². The lowest BCUT2D eigenvalue weighted by Crippen LogP contribution is -2.13. The molecule has 0 saturated heterocycles. The van der Waals surface area contributed by atoms with Crippen LogP contribution in [0.4, 0.5) is 0 Å². The molecule has 0 aliphatic heterocycles. The summed E-state index contributed by atoms with van der Waals surface area (Å²) in [5.41, 5.74) is 5.30. The largest absolute Gasteiger partial charge is 0.504 e. The Balaban J connectivity index is 1.85. The lowest BCUT2D eigenvalue weighted by molar-refractivity contribution is 0.0651. The molecule has 0 saturated carbocycles. The van der Waals surface area contributed by atoms with Crippen LogP contribution < -0.4 is 0 Å². The standard InChI is InChI=1S/C26H24O6/c27-23-13-19-8-6-16-4-2-1-3-15(16)5-7-17-11-21(25(29)30)22(26(31)32)12-18(17)9-10-20(19)14-24(23)28/h1-4,11-14,27-28H,5-10H2,(H,29,30)(H,31,32). The van der Waals surface area contributed by atoms with Crippen molar-refractivity contribution in [2.45, 2.75) is 38.5 Å². The van der Waals surface area contributed by atoms with Gasteiger partial charge in [-0.2, -0.15) is 0 Å². The lowest BCUT2D eigenvalue weighted by Gasteiger charge is -2.18. The van der Waals surface area contributed by atoms with Crippen LogP contribution in [0.1, 0.15) is 54.1 Å². The monoisotopic (exact) mass is 432 g/mol. The van der Waals surface area contributed by atoms with Gasteiger partial charge in [0, 0.05) is 0 Å². The second kappa shape index (κ2) is 8.75. The summed E-state index contributed by atoms with van der Waals surface area (Å²) in [5, 5.41) is 39.2. The van der Waals surface area contributed by atoms with Crippen molar-refractivity contribution in [1.29, 1.82) is 0 Å². The van der Waals surface area contributed by atoms with Gasteiger partial charge in [0.25, 0.3) is 0 Å². The Kier molecular flexibility index (Phi) is 5.86. The molecule has 3 aromatic carbocycles. The first-order chi connectivity index (χ1) is 15.3. The van der Waals surface area contributed by atoms with Crippen LogP contribution in [0.25, 0.3) is 0 Å². The number of carbonyl (C=O) groups is 2. The Morgan fingerprint density at radius 3 is 1.19 bits per heavy atom. The van der Waals surface area contributed by atoms with Crippen molar-refractivity contribution in [2.75, 3.05) is 0 Å². The molecule has 0 radical (unpaired) electrons. The average Bonchev–Trinajstić information content (AvgIpc) is 2.76. The average molecular weight is 432 g/mol. The Morgan fingerprint density at radius 1 is 0.531 bits per heavy atom. The van der Waals surface area contributed by atoms with Crippen LogP contribution in [-0.2, 0) is 38.5 Å². The summed E-state index contributed by atoms with van der Waals surface area (Å²) in [7, 11) is 0. The van der Waals surface area contributed by atoms with Gasteiger partial charge in [-0.3, -0.25) is 0 Å². The van der Waals surface area contributed by atoms with E-state index in [9.17, 15) is 30.0 Å². The fourth-order valence-electron chi connectivity index (χ4n) is 4.49. The number of phenolic OH excluding ortho intramolecular Hbond substituents is 2. The number of rotatable bonds is 2. The zero-order valence-electron chi connectivity index (χ0n) is 17.5. The quantitative estimate of drug-likeness (QED) is 0.452. The van der Waals surface area contributed by atoms with E-state index in [1.165, 1.54) is 17.7 Å². The molecular weight excluding hydrogens is 408 g/mol.